The number of fused-ring (bicyclic) bond motifs is 1. The Kier molecular flexibility index (Phi) is 4.09. The van der Waals surface area contributed by atoms with Crippen LogP contribution in [-0.2, 0) is 13.0 Å². The van der Waals surface area contributed by atoms with Crippen molar-refractivity contribution in [1.29, 1.82) is 0 Å². The molecule has 116 valence electrons. The topological polar surface area (TPSA) is 33.7 Å². The second-order valence-corrected chi connectivity index (χ2v) is 6.53. The summed E-state index contributed by atoms with van der Waals surface area (Å²) >= 11 is 0. The lowest BCUT2D eigenvalue weighted by Crippen LogP contribution is -2.48. The number of nitrogens with one attached hydrogen (secondary N) is 1. The number of nitrogens with zero attached hydrogens (tertiary/aromatic N) is 1. The molecule has 0 radical (unpaired) electrons. The van der Waals surface area contributed by atoms with Gasteiger partial charge in [-0.1, -0.05) is 0 Å². The highest BCUT2D eigenvalue weighted by Gasteiger charge is 2.31. The third-order valence-electron chi connectivity index (χ3n) is 4.83. The summed E-state index contributed by atoms with van der Waals surface area (Å²) in [6.45, 7) is 6.77. The van der Waals surface area contributed by atoms with E-state index in [1.54, 1.807) is 14.2 Å². The van der Waals surface area contributed by atoms with Crippen LogP contribution in [0.15, 0.2) is 12.1 Å². The number of hydrogen-bond donors (Lipinski definition) is 1. The molecule has 1 atom stereocenters. The first-order valence-corrected chi connectivity index (χ1v) is 7.85. The lowest BCUT2D eigenvalue weighted by Gasteiger charge is -2.36. The molecule has 1 unspecified atom stereocenters. The van der Waals surface area contributed by atoms with Crippen LogP contribution >= 0.6 is 0 Å². The van der Waals surface area contributed by atoms with Gasteiger partial charge in [0, 0.05) is 25.2 Å². The molecule has 0 amide bonds. The van der Waals surface area contributed by atoms with Crippen LogP contribution in [0.25, 0.3) is 0 Å². The minimum atomic E-state index is 0.286. The molecule has 1 saturated heterocycles. The van der Waals surface area contributed by atoms with Crippen molar-refractivity contribution in [1.82, 2.24) is 10.2 Å². The lowest BCUT2D eigenvalue weighted by atomic mass is 9.95. The van der Waals surface area contributed by atoms with E-state index in [-0.39, 0.29) is 5.54 Å². The van der Waals surface area contributed by atoms with Crippen molar-refractivity contribution >= 4 is 0 Å². The fourth-order valence-electron chi connectivity index (χ4n) is 3.66. The first kappa shape index (κ1) is 14.7. The molecular weight excluding hydrogens is 264 g/mol. The van der Waals surface area contributed by atoms with E-state index in [0.29, 0.717) is 0 Å². The minimum Gasteiger partial charge on any atom is -0.493 e. The molecule has 4 heteroatoms. The fourth-order valence-corrected chi connectivity index (χ4v) is 3.66. The van der Waals surface area contributed by atoms with Gasteiger partial charge >= 0.3 is 0 Å². The number of benzene rings is 1. The Bertz CT molecular complexity index is 510. The van der Waals surface area contributed by atoms with Gasteiger partial charge in [0.05, 0.1) is 14.2 Å². The molecule has 3 rings (SSSR count). The second-order valence-electron chi connectivity index (χ2n) is 6.53. The molecular formula is C17H26N2O2. The van der Waals surface area contributed by atoms with Crippen molar-refractivity contribution in [2.24, 2.45) is 0 Å². The maximum absolute atomic E-state index is 5.43. The van der Waals surface area contributed by atoms with Gasteiger partial charge in [-0.3, -0.25) is 4.90 Å². The van der Waals surface area contributed by atoms with Crippen molar-refractivity contribution in [3.63, 3.8) is 0 Å². The predicted molar refractivity (Wildman–Crippen MR) is 84.2 cm³/mol. The molecule has 0 spiro atoms. The van der Waals surface area contributed by atoms with Crippen molar-refractivity contribution in [3.8, 4) is 11.5 Å². The predicted octanol–water partition coefficient (Wildman–Crippen LogP) is 2.20. The van der Waals surface area contributed by atoms with Crippen molar-refractivity contribution < 1.29 is 9.47 Å². The molecule has 1 N–H and O–H groups in total. The monoisotopic (exact) mass is 290 g/mol. The summed E-state index contributed by atoms with van der Waals surface area (Å²) in [6, 6.07) is 4.28. The van der Waals surface area contributed by atoms with Crippen LogP contribution in [-0.4, -0.2) is 44.3 Å². The van der Waals surface area contributed by atoms with E-state index in [4.69, 9.17) is 9.47 Å². The molecule has 0 aromatic heterocycles. The fraction of sp³-hybridized carbons (Fsp3) is 0.647. The Morgan fingerprint density at radius 2 is 1.90 bits per heavy atom. The molecule has 1 aromatic carbocycles. The third-order valence-corrected chi connectivity index (χ3v) is 4.83. The summed E-state index contributed by atoms with van der Waals surface area (Å²) in [5.41, 5.74) is 3.06. The Hall–Kier alpha value is -1.26. The summed E-state index contributed by atoms with van der Waals surface area (Å²) < 4.78 is 10.8. The number of hydrogen-bond acceptors (Lipinski definition) is 4. The van der Waals surface area contributed by atoms with Gasteiger partial charge in [0.25, 0.3) is 0 Å². The quantitative estimate of drug-likeness (QED) is 0.922. The van der Waals surface area contributed by atoms with Crippen molar-refractivity contribution in [2.75, 3.05) is 33.9 Å². The molecule has 0 saturated carbocycles. The molecule has 0 bridgehead atoms. The standard InChI is InChI=1S/C17H26N2O2/c1-17(6-4-7-18-17)12-19-8-5-13-9-15(20-2)16(21-3)10-14(13)11-19/h9-10,18H,4-8,11-12H2,1-3H3. The summed E-state index contributed by atoms with van der Waals surface area (Å²) in [5, 5.41) is 3.66. The summed E-state index contributed by atoms with van der Waals surface area (Å²) in [5.74, 6) is 1.68. The Morgan fingerprint density at radius 3 is 2.52 bits per heavy atom. The van der Waals surface area contributed by atoms with Gasteiger partial charge in [-0.25, -0.2) is 0 Å². The van der Waals surface area contributed by atoms with Crippen LogP contribution in [0.4, 0.5) is 0 Å². The highest BCUT2D eigenvalue weighted by Crippen LogP contribution is 2.33. The minimum absolute atomic E-state index is 0.286. The molecule has 0 aliphatic carbocycles. The molecule has 4 nitrogen and oxygen atoms in total. The normalized spacial score (nSPS) is 25.7. The molecule has 2 aliphatic heterocycles. The summed E-state index contributed by atoms with van der Waals surface area (Å²) in [6.07, 6.45) is 3.67. The van der Waals surface area contributed by atoms with E-state index in [1.165, 1.54) is 24.0 Å². The van der Waals surface area contributed by atoms with Crippen molar-refractivity contribution in [2.45, 2.75) is 38.3 Å². The van der Waals surface area contributed by atoms with Crippen molar-refractivity contribution in [3.05, 3.63) is 23.3 Å². The van der Waals surface area contributed by atoms with Crippen LogP contribution in [0.2, 0.25) is 0 Å². The van der Waals surface area contributed by atoms with E-state index in [1.807, 2.05) is 0 Å². The van der Waals surface area contributed by atoms with Crippen LogP contribution in [0, 0.1) is 0 Å². The maximum Gasteiger partial charge on any atom is 0.161 e. The van der Waals surface area contributed by atoms with Gasteiger partial charge in [-0.2, -0.15) is 0 Å². The van der Waals surface area contributed by atoms with E-state index >= 15 is 0 Å². The van der Waals surface area contributed by atoms with Gasteiger partial charge in [0.15, 0.2) is 11.5 Å². The molecule has 2 aliphatic rings. The zero-order chi connectivity index (χ0) is 14.9. The summed E-state index contributed by atoms with van der Waals surface area (Å²) in [4.78, 5) is 2.56. The van der Waals surface area contributed by atoms with Gasteiger partial charge in [-0.15, -0.1) is 0 Å². The van der Waals surface area contributed by atoms with Gasteiger partial charge in [0.2, 0.25) is 0 Å². The van der Waals surface area contributed by atoms with E-state index < -0.39 is 0 Å². The highest BCUT2D eigenvalue weighted by atomic mass is 16.5. The second kappa shape index (κ2) is 5.85. The van der Waals surface area contributed by atoms with Gasteiger partial charge < -0.3 is 14.8 Å². The highest BCUT2D eigenvalue weighted by molar-refractivity contribution is 5.48. The number of methoxy groups -OCH3 is 2. The van der Waals surface area contributed by atoms with Crippen LogP contribution in [0.5, 0.6) is 11.5 Å². The maximum atomic E-state index is 5.43. The average Bonchev–Trinajstić information content (AvgIpc) is 2.92. The number of ether oxygens (including phenoxy) is 2. The first-order chi connectivity index (χ1) is 10.1. The smallest absolute Gasteiger partial charge is 0.161 e. The van der Waals surface area contributed by atoms with E-state index in [2.05, 4.69) is 29.3 Å². The third kappa shape index (κ3) is 3.01. The van der Waals surface area contributed by atoms with Crippen LogP contribution in [0.3, 0.4) is 0 Å². The molecule has 1 aromatic rings. The van der Waals surface area contributed by atoms with E-state index in [0.717, 1.165) is 44.1 Å². The molecule has 21 heavy (non-hydrogen) atoms. The zero-order valence-electron chi connectivity index (χ0n) is 13.4. The van der Waals surface area contributed by atoms with Gasteiger partial charge in [0.1, 0.15) is 0 Å². The molecule has 2 heterocycles. The Labute approximate surface area is 127 Å². The Balaban J connectivity index is 1.75. The van der Waals surface area contributed by atoms with Crippen LogP contribution in [0.1, 0.15) is 30.9 Å². The first-order valence-electron chi connectivity index (χ1n) is 7.85. The zero-order valence-corrected chi connectivity index (χ0v) is 13.4. The van der Waals surface area contributed by atoms with E-state index in [9.17, 15) is 0 Å². The average molecular weight is 290 g/mol. The lowest BCUT2D eigenvalue weighted by molar-refractivity contribution is 0.188. The SMILES string of the molecule is COc1cc2c(cc1OC)CN(CC1(C)CCCN1)CC2. The Morgan fingerprint density at radius 1 is 1.19 bits per heavy atom. The van der Waals surface area contributed by atoms with Crippen LogP contribution < -0.4 is 14.8 Å². The number of rotatable bonds is 4. The van der Waals surface area contributed by atoms with Gasteiger partial charge in [-0.05, 0) is 56.0 Å². The summed E-state index contributed by atoms with van der Waals surface area (Å²) in [7, 11) is 3.40. The molecule has 1 fully saturated rings. The largest absolute Gasteiger partial charge is 0.493 e.